The van der Waals surface area contributed by atoms with E-state index in [0.717, 1.165) is 0 Å². The molecule has 0 aliphatic rings. The molecule has 0 amide bonds. The van der Waals surface area contributed by atoms with E-state index in [-0.39, 0.29) is 11.8 Å². The maximum Gasteiger partial charge on any atom is 0.356 e. The highest BCUT2D eigenvalue weighted by Gasteiger charge is 2.15. The van der Waals surface area contributed by atoms with Crippen molar-refractivity contribution in [2.45, 2.75) is 20.0 Å². The molecular formula is C13H14N2O4. The molecule has 6 nitrogen and oxygen atoms in total. The highest BCUT2D eigenvalue weighted by atomic mass is 16.5. The van der Waals surface area contributed by atoms with E-state index < -0.39 is 5.97 Å². The van der Waals surface area contributed by atoms with E-state index in [1.807, 2.05) is 6.92 Å². The van der Waals surface area contributed by atoms with E-state index >= 15 is 0 Å². The van der Waals surface area contributed by atoms with Gasteiger partial charge in [-0.25, -0.2) is 14.8 Å². The van der Waals surface area contributed by atoms with Crippen LogP contribution in [0.1, 0.15) is 35.0 Å². The largest absolute Gasteiger partial charge is 0.479 e. The Morgan fingerprint density at radius 3 is 2.79 bits per heavy atom. The maximum absolute atomic E-state index is 11.4. The van der Waals surface area contributed by atoms with Crippen LogP contribution >= 0.6 is 0 Å². The molecule has 0 saturated heterocycles. The molecule has 0 aliphatic heterocycles. The van der Waals surface area contributed by atoms with Crippen LogP contribution in [0.5, 0.6) is 5.75 Å². The van der Waals surface area contributed by atoms with E-state index in [2.05, 4.69) is 14.7 Å². The number of esters is 1. The predicted molar refractivity (Wildman–Crippen MR) is 65.9 cm³/mol. The SMILES string of the molecule is COC(=O)c1ncc(OC(C)c2ncco2)cc1C. The van der Waals surface area contributed by atoms with Crippen LogP contribution in [0.15, 0.2) is 29.1 Å². The number of aromatic nitrogens is 2. The van der Waals surface area contributed by atoms with Crippen molar-refractivity contribution < 1.29 is 18.7 Å². The zero-order chi connectivity index (χ0) is 13.8. The third kappa shape index (κ3) is 2.90. The lowest BCUT2D eigenvalue weighted by Gasteiger charge is -2.12. The zero-order valence-electron chi connectivity index (χ0n) is 10.9. The maximum atomic E-state index is 11.4. The molecule has 0 fully saturated rings. The van der Waals surface area contributed by atoms with Gasteiger partial charge in [-0.3, -0.25) is 0 Å². The standard InChI is InChI=1S/C13H14N2O4/c1-8-6-10(7-15-11(8)13(16)17-3)19-9(2)12-14-4-5-18-12/h4-7,9H,1-3H3. The fraction of sp³-hybridized carbons (Fsp3) is 0.308. The molecule has 0 saturated carbocycles. The number of pyridine rings is 1. The molecule has 19 heavy (non-hydrogen) atoms. The summed E-state index contributed by atoms with van der Waals surface area (Å²) in [6.07, 6.45) is 4.18. The first-order chi connectivity index (χ1) is 9.11. The second-order valence-electron chi connectivity index (χ2n) is 3.96. The minimum absolute atomic E-state index is 0.277. The molecule has 0 aromatic carbocycles. The van der Waals surface area contributed by atoms with Crippen LogP contribution in [0.25, 0.3) is 0 Å². The fourth-order valence-corrected chi connectivity index (χ4v) is 1.61. The Morgan fingerprint density at radius 1 is 1.42 bits per heavy atom. The predicted octanol–water partition coefficient (Wildman–Crippen LogP) is 2.30. The van der Waals surface area contributed by atoms with Gasteiger partial charge in [0.1, 0.15) is 12.0 Å². The number of methoxy groups -OCH3 is 1. The molecule has 0 bridgehead atoms. The summed E-state index contributed by atoms with van der Waals surface area (Å²) in [5.41, 5.74) is 0.961. The summed E-state index contributed by atoms with van der Waals surface area (Å²) in [5, 5.41) is 0. The van der Waals surface area contributed by atoms with Crippen LogP contribution < -0.4 is 4.74 Å². The number of carbonyl (C=O) groups is 1. The third-order valence-corrected chi connectivity index (χ3v) is 2.54. The first-order valence-corrected chi connectivity index (χ1v) is 5.73. The Bertz CT molecular complexity index is 566. The number of hydrogen-bond acceptors (Lipinski definition) is 6. The van der Waals surface area contributed by atoms with Gasteiger partial charge in [0.2, 0.25) is 5.89 Å². The van der Waals surface area contributed by atoms with Crippen LogP contribution in [0.3, 0.4) is 0 Å². The van der Waals surface area contributed by atoms with Crippen molar-refractivity contribution >= 4 is 5.97 Å². The first kappa shape index (κ1) is 13.1. The minimum Gasteiger partial charge on any atom is -0.479 e. The van der Waals surface area contributed by atoms with E-state index in [1.54, 1.807) is 19.2 Å². The zero-order valence-corrected chi connectivity index (χ0v) is 10.9. The molecular weight excluding hydrogens is 248 g/mol. The highest BCUT2D eigenvalue weighted by Crippen LogP contribution is 2.21. The molecule has 2 aromatic rings. The summed E-state index contributed by atoms with van der Waals surface area (Å²) in [5.74, 6) is 0.551. The van der Waals surface area contributed by atoms with Gasteiger partial charge in [-0.15, -0.1) is 0 Å². The fourth-order valence-electron chi connectivity index (χ4n) is 1.61. The molecule has 2 aromatic heterocycles. The monoisotopic (exact) mass is 262 g/mol. The summed E-state index contributed by atoms with van der Waals surface area (Å²) in [6.45, 7) is 3.58. The average Bonchev–Trinajstić information content (AvgIpc) is 2.92. The molecule has 2 heterocycles. The summed E-state index contributed by atoms with van der Waals surface area (Å²) >= 11 is 0. The van der Waals surface area contributed by atoms with Gasteiger partial charge in [0.15, 0.2) is 11.8 Å². The van der Waals surface area contributed by atoms with E-state index in [1.165, 1.54) is 19.6 Å². The normalized spacial score (nSPS) is 11.9. The van der Waals surface area contributed by atoms with Gasteiger partial charge in [0.25, 0.3) is 0 Å². The second kappa shape index (κ2) is 5.51. The number of ether oxygens (including phenoxy) is 2. The number of nitrogens with zero attached hydrogens (tertiary/aromatic N) is 2. The lowest BCUT2D eigenvalue weighted by Crippen LogP contribution is -2.08. The van der Waals surface area contributed by atoms with Gasteiger partial charge in [-0.2, -0.15) is 0 Å². The smallest absolute Gasteiger partial charge is 0.356 e. The Balaban J connectivity index is 2.14. The van der Waals surface area contributed by atoms with Gasteiger partial charge in [0, 0.05) is 0 Å². The van der Waals surface area contributed by atoms with Crippen molar-refractivity contribution in [1.82, 2.24) is 9.97 Å². The molecule has 0 radical (unpaired) electrons. The van der Waals surface area contributed by atoms with Crippen molar-refractivity contribution in [2.75, 3.05) is 7.11 Å². The quantitative estimate of drug-likeness (QED) is 0.787. The minimum atomic E-state index is -0.468. The van der Waals surface area contributed by atoms with Gasteiger partial charge in [0.05, 0.1) is 19.5 Å². The van der Waals surface area contributed by atoms with Gasteiger partial charge >= 0.3 is 5.97 Å². The number of oxazole rings is 1. The van der Waals surface area contributed by atoms with Crippen LogP contribution in [0, 0.1) is 6.92 Å². The molecule has 100 valence electrons. The average molecular weight is 262 g/mol. The molecule has 0 N–H and O–H groups in total. The number of carbonyl (C=O) groups excluding carboxylic acids is 1. The Labute approximate surface area is 110 Å². The van der Waals surface area contributed by atoms with Gasteiger partial charge in [-0.05, 0) is 25.5 Å². The molecule has 2 rings (SSSR count). The molecule has 0 aliphatic carbocycles. The van der Waals surface area contributed by atoms with E-state index in [0.29, 0.717) is 17.2 Å². The number of rotatable bonds is 4. The topological polar surface area (TPSA) is 74.5 Å². The van der Waals surface area contributed by atoms with Crippen molar-refractivity contribution in [3.05, 3.63) is 41.9 Å². The van der Waals surface area contributed by atoms with Crippen molar-refractivity contribution in [1.29, 1.82) is 0 Å². The van der Waals surface area contributed by atoms with Crippen molar-refractivity contribution in [2.24, 2.45) is 0 Å². The van der Waals surface area contributed by atoms with E-state index in [9.17, 15) is 4.79 Å². The molecule has 6 heteroatoms. The van der Waals surface area contributed by atoms with Gasteiger partial charge in [-0.1, -0.05) is 0 Å². The van der Waals surface area contributed by atoms with E-state index in [4.69, 9.17) is 9.15 Å². The Kier molecular flexibility index (Phi) is 3.79. The van der Waals surface area contributed by atoms with Crippen LogP contribution in [-0.2, 0) is 4.74 Å². The van der Waals surface area contributed by atoms with Crippen LogP contribution in [-0.4, -0.2) is 23.0 Å². The lowest BCUT2D eigenvalue weighted by molar-refractivity contribution is 0.0593. The summed E-state index contributed by atoms with van der Waals surface area (Å²) in [6, 6.07) is 1.72. The van der Waals surface area contributed by atoms with Crippen molar-refractivity contribution in [3.8, 4) is 5.75 Å². The molecule has 1 atom stereocenters. The molecule has 0 spiro atoms. The summed E-state index contributed by atoms with van der Waals surface area (Å²) in [7, 11) is 1.32. The first-order valence-electron chi connectivity index (χ1n) is 5.73. The lowest BCUT2D eigenvalue weighted by atomic mass is 10.2. The Morgan fingerprint density at radius 2 is 2.21 bits per heavy atom. The van der Waals surface area contributed by atoms with Crippen molar-refractivity contribution in [3.63, 3.8) is 0 Å². The third-order valence-electron chi connectivity index (χ3n) is 2.54. The summed E-state index contributed by atoms with van der Waals surface area (Å²) in [4.78, 5) is 19.4. The molecule has 1 unspecified atom stereocenters. The number of hydrogen-bond donors (Lipinski definition) is 0. The van der Waals surface area contributed by atoms with Crippen LogP contribution in [0.2, 0.25) is 0 Å². The number of aryl methyl sites for hydroxylation is 1. The highest BCUT2D eigenvalue weighted by molar-refractivity contribution is 5.88. The second-order valence-corrected chi connectivity index (χ2v) is 3.96. The Hall–Kier alpha value is -2.37. The van der Waals surface area contributed by atoms with Crippen LogP contribution in [0.4, 0.5) is 0 Å². The summed E-state index contributed by atoms with van der Waals surface area (Å²) < 4.78 is 15.4. The van der Waals surface area contributed by atoms with Gasteiger partial charge < -0.3 is 13.9 Å².